The summed E-state index contributed by atoms with van der Waals surface area (Å²) < 4.78 is 32.7. The summed E-state index contributed by atoms with van der Waals surface area (Å²) in [6, 6.07) is 12.3. The topological polar surface area (TPSA) is 166 Å². The number of benzene rings is 1. The summed E-state index contributed by atoms with van der Waals surface area (Å²) in [5.74, 6) is -0.0435. The van der Waals surface area contributed by atoms with Gasteiger partial charge in [0.05, 0.1) is 11.1 Å². The lowest BCUT2D eigenvalue weighted by Gasteiger charge is -2.01. The Morgan fingerprint density at radius 3 is 2.38 bits per heavy atom. The second kappa shape index (κ2) is 8.35. The lowest BCUT2D eigenvalue weighted by atomic mass is 10.2. The molecule has 3 rings (SSSR count). The molecule has 0 saturated carbocycles. The number of rotatable bonds is 6. The first-order valence-corrected chi connectivity index (χ1v) is 9.59. The average molecular weight is 412 g/mol. The Kier molecular flexibility index (Phi) is 5.69. The van der Waals surface area contributed by atoms with Crippen molar-refractivity contribution in [2.24, 2.45) is 21.0 Å². The molecule has 5 N–H and O–H groups in total. The molecule has 1 aromatic carbocycles. The molecule has 29 heavy (non-hydrogen) atoms. The van der Waals surface area contributed by atoms with E-state index in [0.717, 1.165) is 0 Å². The van der Waals surface area contributed by atoms with Crippen molar-refractivity contribution in [3.63, 3.8) is 0 Å². The van der Waals surface area contributed by atoms with Crippen LogP contribution < -0.4 is 16.9 Å². The summed E-state index contributed by atoms with van der Waals surface area (Å²) in [5.41, 5.74) is 13.7. The Hall–Kier alpha value is -3.99. The smallest absolute Gasteiger partial charge is 0.285 e. The first-order valence-electron chi connectivity index (χ1n) is 8.15. The van der Waals surface area contributed by atoms with Crippen LogP contribution in [0.3, 0.4) is 0 Å². The van der Waals surface area contributed by atoms with Crippen molar-refractivity contribution in [2.75, 3.05) is 0 Å². The highest BCUT2D eigenvalue weighted by Crippen LogP contribution is 2.23. The van der Waals surface area contributed by atoms with E-state index in [1.165, 1.54) is 30.7 Å². The number of nitrogens with zero attached hydrogens (tertiary/aromatic N) is 3. The number of furan rings is 1. The maximum atomic E-state index is 11.9. The monoisotopic (exact) mass is 412 g/mol. The van der Waals surface area contributed by atoms with Crippen LogP contribution in [0.25, 0.3) is 11.3 Å². The van der Waals surface area contributed by atoms with E-state index in [1.807, 2.05) is 0 Å². The third-order valence-electron chi connectivity index (χ3n) is 3.59. The van der Waals surface area contributed by atoms with E-state index in [4.69, 9.17) is 15.9 Å². The lowest BCUT2D eigenvalue weighted by Crippen LogP contribution is -2.24. The molecule has 0 atom stereocenters. The number of aromatic nitrogens is 1. The second-order valence-electron chi connectivity index (χ2n) is 5.65. The number of nitrogens with one attached hydrogen (secondary N) is 1. The van der Waals surface area contributed by atoms with E-state index in [1.54, 1.807) is 36.4 Å². The number of carbonyl (C=O) groups excluding carboxylic acids is 1. The van der Waals surface area contributed by atoms with Gasteiger partial charge >= 0.3 is 0 Å². The molecule has 11 heteroatoms. The van der Waals surface area contributed by atoms with Crippen LogP contribution in [0.1, 0.15) is 16.1 Å². The third kappa shape index (κ3) is 5.05. The van der Waals surface area contributed by atoms with Crippen molar-refractivity contribution >= 4 is 28.1 Å². The zero-order chi connectivity index (χ0) is 20.9. The first-order chi connectivity index (χ1) is 13.8. The number of hydrazone groups is 1. The van der Waals surface area contributed by atoms with Crippen LogP contribution in [0.15, 0.2) is 79.7 Å². The van der Waals surface area contributed by atoms with Gasteiger partial charge in [0.25, 0.3) is 15.9 Å². The number of carbonyl (C=O) groups is 1. The lowest BCUT2D eigenvalue weighted by molar-refractivity contribution is 0.0955. The van der Waals surface area contributed by atoms with Gasteiger partial charge in [0.15, 0.2) is 0 Å². The third-order valence-corrected chi connectivity index (χ3v) is 4.91. The van der Waals surface area contributed by atoms with E-state index < -0.39 is 16.0 Å². The molecule has 1 amide bonds. The molecule has 0 bridgehead atoms. The van der Waals surface area contributed by atoms with Gasteiger partial charge < -0.3 is 15.9 Å². The van der Waals surface area contributed by atoms with Gasteiger partial charge in [-0.1, -0.05) is 0 Å². The largest absolute Gasteiger partial charge is 0.455 e. The Bertz CT molecular complexity index is 1160. The van der Waals surface area contributed by atoms with Crippen LogP contribution in [-0.4, -0.2) is 31.5 Å². The van der Waals surface area contributed by atoms with Crippen molar-refractivity contribution in [3.8, 4) is 11.3 Å². The number of hydrogen-bond donors (Lipinski definition) is 3. The van der Waals surface area contributed by atoms with Gasteiger partial charge in [-0.25, -0.2) is 5.43 Å². The highest BCUT2D eigenvalue weighted by molar-refractivity contribution is 7.90. The zero-order valence-corrected chi connectivity index (χ0v) is 15.7. The molecule has 0 radical (unpaired) electrons. The van der Waals surface area contributed by atoms with Gasteiger partial charge in [0.1, 0.15) is 11.5 Å². The van der Waals surface area contributed by atoms with E-state index in [0.29, 0.717) is 22.6 Å². The summed E-state index contributed by atoms with van der Waals surface area (Å²) in [7, 11) is -3.95. The molecule has 148 valence electrons. The molecule has 0 aliphatic heterocycles. The van der Waals surface area contributed by atoms with Gasteiger partial charge in [0, 0.05) is 23.5 Å². The molecule has 0 unspecified atom stereocenters. The van der Waals surface area contributed by atoms with Crippen molar-refractivity contribution in [2.45, 2.75) is 4.90 Å². The van der Waals surface area contributed by atoms with Crippen LogP contribution in [0.2, 0.25) is 0 Å². The molecule has 0 fully saturated rings. The highest BCUT2D eigenvalue weighted by Gasteiger charge is 2.13. The molecular formula is C18H16N6O4S. The Morgan fingerprint density at radius 1 is 1.03 bits per heavy atom. The maximum absolute atomic E-state index is 11.9. The predicted molar refractivity (Wildman–Crippen MR) is 106 cm³/mol. The molecule has 0 aliphatic rings. The SMILES string of the molecule is NC(N)=NS(=O)(=O)c1ccc(-c2ccc(/C=N/NC(=O)c3ccncc3)o2)cc1. The Morgan fingerprint density at radius 2 is 1.72 bits per heavy atom. The van der Waals surface area contributed by atoms with E-state index in [2.05, 4.69) is 19.9 Å². The fourth-order valence-electron chi connectivity index (χ4n) is 2.28. The van der Waals surface area contributed by atoms with Gasteiger partial charge in [-0.15, -0.1) is 4.40 Å². The molecule has 0 aliphatic carbocycles. The minimum absolute atomic E-state index is 0.0539. The number of pyridine rings is 1. The van der Waals surface area contributed by atoms with E-state index in [-0.39, 0.29) is 10.8 Å². The van der Waals surface area contributed by atoms with Crippen molar-refractivity contribution in [3.05, 3.63) is 72.2 Å². The highest BCUT2D eigenvalue weighted by atomic mass is 32.2. The molecule has 2 heterocycles. The number of guanidine groups is 1. The minimum Gasteiger partial charge on any atom is -0.455 e. The van der Waals surface area contributed by atoms with E-state index >= 15 is 0 Å². The van der Waals surface area contributed by atoms with Crippen molar-refractivity contribution in [1.29, 1.82) is 0 Å². The standard InChI is InChI=1S/C18H16N6O4S/c19-18(20)24-29(26,27)15-4-1-12(2-5-15)16-6-3-14(28-16)11-22-23-17(25)13-7-9-21-10-8-13/h1-11H,(H,23,25)(H4,19,20,24)/b22-11+. The molecular weight excluding hydrogens is 396 g/mol. The molecule has 0 spiro atoms. The van der Waals surface area contributed by atoms with Gasteiger partial charge in [-0.2, -0.15) is 13.5 Å². The molecule has 0 saturated heterocycles. The fraction of sp³-hybridized carbons (Fsp3) is 0. The Balaban J connectivity index is 1.68. The van der Waals surface area contributed by atoms with Crippen LogP contribution in [0, 0.1) is 0 Å². The van der Waals surface area contributed by atoms with Gasteiger partial charge in [-0.05, 0) is 48.5 Å². The maximum Gasteiger partial charge on any atom is 0.285 e. The van der Waals surface area contributed by atoms with Crippen molar-refractivity contribution < 1.29 is 17.6 Å². The summed E-state index contributed by atoms with van der Waals surface area (Å²) in [4.78, 5) is 15.7. The number of nitrogens with two attached hydrogens (primary N) is 2. The number of hydrogen-bond acceptors (Lipinski definition) is 6. The van der Waals surface area contributed by atoms with Crippen LogP contribution in [0.5, 0.6) is 0 Å². The quantitative estimate of drug-likeness (QED) is 0.309. The van der Waals surface area contributed by atoms with Crippen molar-refractivity contribution in [1.82, 2.24) is 10.4 Å². The van der Waals surface area contributed by atoms with Crippen LogP contribution in [0.4, 0.5) is 0 Å². The van der Waals surface area contributed by atoms with Gasteiger partial charge in [0.2, 0.25) is 5.96 Å². The molecule has 3 aromatic rings. The summed E-state index contributed by atoms with van der Waals surface area (Å²) >= 11 is 0. The average Bonchev–Trinajstić information content (AvgIpc) is 3.17. The molecule has 2 aromatic heterocycles. The summed E-state index contributed by atoms with van der Waals surface area (Å²) in [6.45, 7) is 0. The predicted octanol–water partition coefficient (Wildman–Crippen LogP) is 1.07. The van der Waals surface area contributed by atoms with E-state index in [9.17, 15) is 13.2 Å². The summed E-state index contributed by atoms with van der Waals surface area (Å²) in [5, 5.41) is 3.84. The summed E-state index contributed by atoms with van der Waals surface area (Å²) in [6.07, 6.45) is 4.36. The molecule has 10 nitrogen and oxygen atoms in total. The minimum atomic E-state index is -3.95. The van der Waals surface area contributed by atoms with Gasteiger partial charge in [-0.3, -0.25) is 9.78 Å². The zero-order valence-electron chi connectivity index (χ0n) is 14.9. The number of amides is 1. The second-order valence-corrected chi connectivity index (χ2v) is 7.26. The number of sulfonamides is 1. The first kappa shape index (κ1) is 19.8. The van der Waals surface area contributed by atoms with Crippen LogP contribution in [-0.2, 0) is 10.0 Å². The Labute approximate surface area is 166 Å². The van der Waals surface area contributed by atoms with Crippen LogP contribution >= 0.6 is 0 Å². The fourth-order valence-corrected chi connectivity index (χ4v) is 3.15. The normalized spacial score (nSPS) is 11.3.